The van der Waals surface area contributed by atoms with Gasteiger partial charge in [0.25, 0.3) is 0 Å². The third-order valence-electron chi connectivity index (χ3n) is 3.56. The molecule has 0 atom stereocenters. The van der Waals surface area contributed by atoms with Gasteiger partial charge in [0.05, 0.1) is 6.61 Å². The molecule has 1 N–H and O–H groups in total. The summed E-state index contributed by atoms with van der Waals surface area (Å²) in [6.45, 7) is 0.229. The first-order valence-electron chi connectivity index (χ1n) is 5.29. The summed E-state index contributed by atoms with van der Waals surface area (Å²) in [4.78, 5) is 4.08. The van der Waals surface area contributed by atoms with E-state index in [2.05, 4.69) is 11.1 Å². The van der Waals surface area contributed by atoms with E-state index in [1.807, 2.05) is 12.1 Å². The number of rotatable bonds is 2. The van der Waals surface area contributed by atoms with Crippen molar-refractivity contribution in [3.05, 3.63) is 30.2 Å². The van der Waals surface area contributed by atoms with E-state index < -0.39 is 0 Å². The summed E-state index contributed by atoms with van der Waals surface area (Å²) >= 11 is 0. The zero-order valence-corrected chi connectivity index (χ0v) is 8.44. The molecule has 3 heteroatoms. The lowest BCUT2D eigenvalue weighted by Crippen LogP contribution is -2.37. The van der Waals surface area contributed by atoms with Crippen molar-refractivity contribution in [3.8, 4) is 0 Å². The van der Waals surface area contributed by atoms with Crippen molar-refractivity contribution in [2.75, 3.05) is 6.61 Å². The van der Waals surface area contributed by atoms with Crippen molar-refractivity contribution < 1.29 is 9.52 Å². The van der Waals surface area contributed by atoms with Crippen LogP contribution in [-0.4, -0.2) is 16.7 Å². The molecular weight excluding hydrogens is 190 g/mol. The van der Waals surface area contributed by atoms with E-state index in [0.29, 0.717) is 0 Å². The Morgan fingerprint density at radius 2 is 2.27 bits per heavy atom. The molecule has 0 radical (unpaired) electrons. The largest absolute Gasteiger partial charge is 0.443 e. The van der Waals surface area contributed by atoms with Gasteiger partial charge in [-0.15, -0.1) is 0 Å². The quantitative estimate of drug-likeness (QED) is 0.814. The number of aliphatic hydroxyl groups excluding tert-OH is 1. The van der Waals surface area contributed by atoms with E-state index in [0.717, 1.165) is 23.9 Å². The van der Waals surface area contributed by atoms with Crippen LogP contribution in [0.4, 0.5) is 0 Å². The van der Waals surface area contributed by atoms with Gasteiger partial charge < -0.3 is 9.52 Å². The second-order valence-corrected chi connectivity index (χ2v) is 4.33. The smallest absolute Gasteiger partial charge is 0.181 e. The fraction of sp³-hybridized carbons (Fsp3) is 0.417. The van der Waals surface area contributed by atoms with Crippen LogP contribution < -0.4 is 0 Å². The second kappa shape index (κ2) is 3.07. The maximum atomic E-state index is 9.47. The fourth-order valence-electron chi connectivity index (χ4n) is 2.33. The van der Waals surface area contributed by atoms with Gasteiger partial charge in [0.1, 0.15) is 5.52 Å². The Balaban J connectivity index is 2.10. The highest BCUT2D eigenvalue weighted by molar-refractivity contribution is 5.73. The van der Waals surface area contributed by atoms with E-state index in [9.17, 15) is 5.11 Å². The molecule has 0 bridgehead atoms. The van der Waals surface area contributed by atoms with Crippen LogP contribution in [0, 0.1) is 0 Å². The van der Waals surface area contributed by atoms with Crippen molar-refractivity contribution in [3.63, 3.8) is 0 Å². The average Bonchev–Trinajstić information content (AvgIpc) is 2.64. The molecule has 0 amide bonds. The van der Waals surface area contributed by atoms with Gasteiger partial charge >= 0.3 is 0 Å². The number of fused-ring (bicyclic) bond motifs is 1. The molecule has 1 aliphatic rings. The monoisotopic (exact) mass is 203 g/mol. The van der Waals surface area contributed by atoms with Gasteiger partial charge in [0, 0.05) is 5.41 Å². The SMILES string of the molecule is OCC1(c2ccc3ncoc3c2)CCC1. The summed E-state index contributed by atoms with van der Waals surface area (Å²) < 4.78 is 5.27. The molecule has 0 unspecified atom stereocenters. The highest BCUT2D eigenvalue weighted by Crippen LogP contribution is 2.43. The molecular formula is C12H13NO2. The molecule has 3 nitrogen and oxygen atoms in total. The summed E-state index contributed by atoms with van der Waals surface area (Å²) in [7, 11) is 0. The molecule has 1 heterocycles. The average molecular weight is 203 g/mol. The van der Waals surface area contributed by atoms with E-state index in [4.69, 9.17) is 4.42 Å². The third kappa shape index (κ3) is 1.20. The van der Waals surface area contributed by atoms with Gasteiger partial charge in [-0.3, -0.25) is 0 Å². The van der Waals surface area contributed by atoms with Gasteiger partial charge in [0.2, 0.25) is 0 Å². The Morgan fingerprint density at radius 1 is 1.40 bits per heavy atom. The predicted octanol–water partition coefficient (Wildman–Crippen LogP) is 2.24. The number of aliphatic hydroxyl groups is 1. The van der Waals surface area contributed by atoms with Crippen LogP contribution in [0.5, 0.6) is 0 Å². The zero-order valence-electron chi connectivity index (χ0n) is 8.44. The number of nitrogens with zero attached hydrogens (tertiary/aromatic N) is 1. The lowest BCUT2D eigenvalue weighted by atomic mass is 9.65. The minimum atomic E-state index is -0.0129. The lowest BCUT2D eigenvalue weighted by Gasteiger charge is -2.40. The van der Waals surface area contributed by atoms with Gasteiger partial charge in [-0.05, 0) is 30.5 Å². The van der Waals surface area contributed by atoms with Crippen molar-refractivity contribution in [1.82, 2.24) is 4.98 Å². The lowest BCUT2D eigenvalue weighted by molar-refractivity contribution is 0.120. The van der Waals surface area contributed by atoms with E-state index in [-0.39, 0.29) is 12.0 Å². The Kier molecular flexibility index (Phi) is 1.83. The maximum absolute atomic E-state index is 9.47. The number of aromatic nitrogens is 1. The van der Waals surface area contributed by atoms with Crippen LogP contribution in [0.2, 0.25) is 0 Å². The molecule has 1 saturated carbocycles. The highest BCUT2D eigenvalue weighted by atomic mass is 16.3. The van der Waals surface area contributed by atoms with E-state index in [1.165, 1.54) is 18.4 Å². The first kappa shape index (κ1) is 8.92. The van der Waals surface area contributed by atoms with Crippen LogP contribution in [-0.2, 0) is 5.41 Å². The number of benzene rings is 1. The molecule has 15 heavy (non-hydrogen) atoms. The Morgan fingerprint density at radius 3 is 2.93 bits per heavy atom. The molecule has 1 fully saturated rings. The minimum absolute atomic E-state index is 0.0129. The van der Waals surface area contributed by atoms with Gasteiger partial charge in [-0.2, -0.15) is 0 Å². The summed E-state index contributed by atoms with van der Waals surface area (Å²) in [5.74, 6) is 0. The second-order valence-electron chi connectivity index (χ2n) is 4.33. The standard InChI is InChI=1S/C12H13NO2/c14-7-12(4-1-5-12)9-2-3-10-11(6-9)15-8-13-10/h2-3,6,8,14H,1,4-5,7H2. The zero-order chi connectivity index (χ0) is 10.3. The van der Waals surface area contributed by atoms with Crippen LogP contribution >= 0.6 is 0 Å². The first-order valence-corrected chi connectivity index (χ1v) is 5.29. The van der Waals surface area contributed by atoms with Crippen molar-refractivity contribution in [2.24, 2.45) is 0 Å². The van der Waals surface area contributed by atoms with Crippen molar-refractivity contribution in [2.45, 2.75) is 24.7 Å². The molecule has 3 rings (SSSR count). The van der Waals surface area contributed by atoms with E-state index in [1.54, 1.807) is 0 Å². The molecule has 1 aromatic carbocycles. The minimum Gasteiger partial charge on any atom is -0.443 e. The molecule has 0 spiro atoms. The van der Waals surface area contributed by atoms with E-state index >= 15 is 0 Å². The van der Waals surface area contributed by atoms with Crippen LogP contribution in [0.25, 0.3) is 11.1 Å². The van der Waals surface area contributed by atoms with Crippen LogP contribution in [0.15, 0.2) is 29.0 Å². The molecule has 2 aromatic rings. The molecule has 78 valence electrons. The van der Waals surface area contributed by atoms with Crippen LogP contribution in [0.1, 0.15) is 24.8 Å². The fourth-order valence-corrected chi connectivity index (χ4v) is 2.33. The normalized spacial score (nSPS) is 19.0. The Bertz CT molecular complexity index is 480. The van der Waals surface area contributed by atoms with Crippen LogP contribution in [0.3, 0.4) is 0 Å². The van der Waals surface area contributed by atoms with Gasteiger partial charge in [-0.25, -0.2) is 4.98 Å². The summed E-state index contributed by atoms with van der Waals surface area (Å²) in [6.07, 6.45) is 4.81. The topological polar surface area (TPSA) is 46.3 Å². The van der Waals surface area contributed by atoms with Crippen molar-refractivity contribution >= 4 is 11.1 Å². The summed E-state index contributed by atoms with van der Waals surface area (Å²) in [6, 6.07) is 6.03. The van der Waals surface area contributed by atoms with Gasteiger partial charge in [-0.1, -0.05) is 12.5 Å². The Labute approximate surface area is 87.7 Å². The summed E-state index contributed by atoms with van der Waals surface area (Å²) in [5, 5.41) is 9.47. The summed E-state index contributed by atoms with van der Waals surface area (Å²) in [5.41, 5.74) is 2.86. The number of hydrogen-bond acceptors (Lipinski definition) is 3. The maximum Gasteiger partial charge on any atom is 0.181 e. The van der Waals surface area contributed by atoms with Crippen molar-refractivity contribution in [1.29, 1.82) is 0 Å². The number of oxazole rings is 1. The number of hydrogen-bond donors (Lipinski definition) is 1. The highest BCUT2D eigenvalue weighted by Gasteiger charge is 2.38. The Hall–Kier alpha value is -1.35. The molecule has 1 aromatic heterocycles. The third-order valence-corrected chi connectivity index (χ3v) is 3.56. The molecule has 0 saturated heterocycles. The molecule has 1 aliphatic carbocycles. The van der Waals surface area contributed by atoms with Gasteiger partial charge in [0.15, 0.2) is 12.0 Å². The first-order chi connectivity index (χ1) is 7.34. The molecule has 0 aliphatic heterocycles. The predicted molar refractivity (Wildman–Crippen MR) is 56.6 cm³/mol.